The Kier molecular flexibility index (Phi) is 9.63. The maximum Gasteiger partial charge on any atom is 0.245 e. The largest absolute Gasteiger partial charge is 0.383 e. The quantitative estimate of drug-likeness (QED) is 0.304. The lowest BCUT2D eigenvalue weighted by molar-refractivity contribution is -0.116. The van der Waals surface area contributed by atoms with E-state index >= 15 is 0 Å². The second-order valence-electron chi connectivity index (χ2n) is 6.72. The van der Waals surface area contributed by atoms with Gasteiger partial charge in [-0.3, -0.25) is 9.59 Å². The first-order chi connectivity index (χ1) is 15.0. The van der Waals surface area contributed by atoms with Crippen LogP contribution in [0.4, 0.5) is 5.82 Å². The molecule has 0 aliphatic heterocycles. The molecular formula is C20H24BrN4O5PS. The van der Waals surface area contributed by atoms with Gasteiger partial charge in [-0.2, -0.15) is 0 Å². The second kappa shape index (κ2) is 11.7. The number of nitrogens with two attached hydrogens (primary N) is 1. The molecule has 0 fully saturated rings. The summed E-state index contributed by atoms with van der Waals surface area (Å²) in [5.74, 6) is 0.768. The van der Waals surface area contributed by atoms with Crippen molar-refractivity contribution >= 4 is 58.9 Å². The number of hydrogen-bond acceptors (Lipinski definition) is 9. The molecule has 2 rings (SSSR count). The predicted molar refractivity (Wildman–Crippen MR) is 131 cm³/mol. The first-order valence-electron chi connectivity index (χ1n) is 9.31. The highest BCUT2D eigenvalue weighted by atomic mass is 79.9. The number of benzene rings is 1. The molecule has 0 unspecified atom stereocenters. The molecule has 1 aromatic carbocycles. The molecule has 0 radical (unpaired) electrons. The van der Waals surface area contributed by atoms with Crippen LogP contribution >= 0.6 is 35.3 Å². The van der Waals surface area contributed by atoms with Gasteiger partial charge in [-0.1, -0.05) is 28.1 Å². The first kappa shape index (κ1) is 26.2. The number of amides is 1. The number of anilines is 1. The van der Waals surface area contributed by atoms with Crippen LogP contribution in [-0.2, 0) is 15.9 Å². The molecule has 12 heteroatoms. The Bertz CT molecular complexity index is 1080. The summed E-state index contributed by atoms with van der Waals surface area (Å²) in [6, 6.07) is 6.92. The van der Waals surface area contributed by atoms with E-state index in [0.717, 1.165) is 16.2 Å². The number of hydrogen-bond donors (Lipinski definition) is 3. The Morgan fingerprint density at radius 2 is 2.16 bits per heavy atom. The lowest BCUT2D eigenvalue weighted by Crippen LogP contribution is -2.22. The zero-order chi connectivity index (χ0) is 23.9. The van der Waals surface area contributed by atoms with Crippen molar-refractivity contribution in [2.75, 3.05) is 12.3 Å². The van der Waals surface area contributed by atoms with Crippen molar-refractivity contribution in [3.63, 3.8) is 0 Å². The minimum absolute atomic E-state index is 0.0990. The third kappa shape index (κ3) is 8.16. The predicted octanol–water partition coefficient (Wildman–Crippen LogP) is 3.48. The Morgan fingerprint density at radius 1 is 1.44 bits per heavy atom. The lowest BCUT2D eigenvalue weighted by atomic mass is 10.2. The van der Waals surface area contributed by atoms with Crippen molar-refractivity contribution in [3.05, 3.63) is 62.5 Å². The minimum atomic E-state index is -3.69. The smallest absolute Gasteiger partial charge is 0.245 e. The van der Waals surface area contributed by atoms with E-state index in [1.54, 1.807) is 44.3 Å². The molecule has 0 spiro atoms. The molecule has 0 bridgehead atoms. The van der Waals surface area contributed by atoms with Crippen LogP contribution in [0.1, 0.15) is 35.1 Å². The Labute approximate surface area is 199 Å². The normalized spacial score (nSPS) is 12.3. The highest BCUT2D eigenvalue weighted by Gasteiger charge is 2.19. The first-order valence-corrected chi connectivity index (χ1v) is 12.7. The van der Waals surface area contributed by atoms with E-state index in [1.807, 2.05) is 0 Å². The van der Waals surface area contributed by atoms with Gasteiger partial charge in [0, 0.05) is 38.8 Å². The number of nitrogen functional groups attached to an aromatic ring is 1. The number of nitrogens with zero attached hydrogens (tertiary/aromatic N) is 3. The average Bonchev–Trinajstić information content (AvgIpc) is 2.71. The summed E-state index contributed by atoms with van der Waals surface area (Å²) >= 11 is 4.27. The van der Waals surface area contributed by atoms with Crippen molar-refractivity contribution in [2.45, 2.75) is 26.8 Å². The van der Waals surface area contributed by atoms with Crippen molar-refractivity contribution in [3.8, 4) is 0 Å². The summed E-state index contributed by atoms with van der Waals surface area (Å²) < 4.78 is 5.73. The number of thioether (sulfide) groups is 1. The average molecular weight is 543 g/mol. The van der Waals surface area contributed by atoms with Crippen LogP contribution in [0, 0.1) is 6.92 Å². The fourth-order valence-corrected chi connectivity index (χ4v) is 4.29. The Morgan fingerprint density at radius 3 is 2.75 bits per heavy atom. The van der Waals surface area contributed by atoms with Gasteiger partial charge in [0.05, 0.1) is 13.2 Å². The number of halogens is 1. The summed E-state index contributed by atoms with van der Waals surface area (Å²) in [5, 5.41) is -0.242. The van der Waals surface area contributed by atoms with Gasteiger partial charge in [-0.15, -0.1) is 0 Å². The Balaban J connectivity index is 2.33. The van der Waals surface area contributed by atoms with Gasteiger partial charge >= 0.3 is 0 Å². The van der Waals surface area contributed by atoms with Gasteiger partial charge in [0.2, 0.25) is 19.1 Å². The van der Waals surface area contributed by atoms with Crippen LogP contribution in [0.15, 0.2) is 45.5 Å². The van der Waals surface area contributed by atoms with E-state index in [1.165, 1.54) is 4.90 Å². The molecular weight excluding hydrogens is 519 g/mol. The van der Waals surface area contributed by atoms with Crippen LogP contribution in [0.3, 0.4) is 0 Å². The SMILES string of the molecule is C=P(O)(O)OCC/C(SC(=O)c1cccc(Br)c1)=C(\C)N(C=O)Cc1cnc(C)nc1N. The molecule has 0 saturated carbocycles. The number of rotatable bonds is 10. The van der Waals surface area contributed by atoms with Crippen molar-refractivity contribution in [1.29, 1.82) is 0 Å². The molecule has 172 valence electrons. The van der Waals surface area contributed by atoms with Crippen molar-refractivity contribution < 1.29 is 23.9 Å². The van der Waals surface area contributed by atoms with Gasteiger partial charge in [-0.25, -0.2) is 9.97 Å². The van der Waals surface area contributed by atoms with Crippen molar-refractivity contribution in [1.82, 2.24) is 14.9 Å². The summed E-state index contributed by atoms with van der Waals surface area (Å²) in [5.41, 5.74) is 7.45. The van der Waals surface area contributed by atoms with Crippen LogP contribution in [0.25, 0.3) is 0 Å². The number of carbonyl (C=O) groups is 2. The minimum Gasteiger partial charge on any atom is -0.383 e. The number of allylic oxidation sites excluding steroid dienone is 1. The number of aromatic nitrogens is 2. The lowest BCUT2D eigenvalue weighted by Gasteiger charge is -2.22. The molecule has 2 aromatic rings. The van der Waals surface area contributed by atoms with Gasteiger partial charge in [0.25, 0.3) is 0 Å². The topological polar surface area (TPSA) is 139 Å². The van der Waals surface area contributed by atoms with Crippen LogP contribution in [0.5, 0.6) is 0 Å². The van der Waals surface area contributed by atoms with Gasteiger partial charge in [0.1, 0.15) is 11.6 Å². The molecule has 0 aliphatic rings. The van der Waals surface area contributed by atoms with E-state index < -0.39 is 7.57 Å². The molecule has 32 heavy (non-hydrogen) atoms. The van der Waals surface area contributed by atoms with Gasteiger partial charge in [0.15, 0.2) is 0 Å². The molecule has 1 amide bonds. The van der Waals surface area contributed by atoms with Crippen LogP contribution < -0.4 is 5.73 Å². The summed E-state index contributed by atoms with van der Waals surface area (Å²) in [7, 11) is -3.69. The standard InChI is InChI=1S/C20H24BrN4O5PS/c1-13(25(12-26)11-16-10-23-14(2)24-19(16)22)18(7-8-30-31(3,28)29)32-20(27)15-5-4-6-17(21)9-15/h4-6,9-10,12,28-29H,3,7-8,11H2,1-2H3,(H2,22,23,24)/b18-13-. The fraction of sp³-hybridized carbons (Fsp3) is 0.250. The fourth-order valence-electron chi connectivity index (χ4n) is 2.59. The zero-order valence-electron chi connectivity index (χ0n) is 17.6. The third-order valence-electron chi connectivity index (χ3n) is 4.22. The Hall–Kier alpha value is -2.01. The molecule has 1 heterocycles. The van der Waals surface area contributed by atoms with Crippen molar-refractivity contribution in [2.24, 2.45) is 0 Å². The van der Waals surface area contributed by atoms with E-state index in [2.05, 4.69) is 32.2 Å². The van der Waals surface area contributed by atoms with E-state index in [9.17, 15) is 19.4 Å². The monoisotopic (exact) mass is 542 g/mol. The molecule has 0 saturated heterocycles. The highest BCUT2D eigenvalue weighted by molar-refractivity contribution is 9.10. The maximum absolute atomic E-state index is 12.8. The molecule has 1 aromatic heterocycles. The molecule has 0 atom stereocenters. The van der Waals surface area contributed by atoms with E-state index in [-0.39, 0.29) is 30.5 Å². The number of aryl methyl sites for hydroxylation is 1. The van der Waals surface area contributed by atoms with E-state index in [0.29, 0.717) is 34.0 Å². The van der Waals surface area contributed by atoms with Gasteiger partial charge < -0.3 is 24.9 Å². The highest BCUT2D eigenvalue weighted by Crippen LogP contribution is 2.37. The summed E-state index contributed by atoms with van der Waals surface area (Å²) in [6.45, 7) is 3.39. The van der Waals surface area contributed by atoms with Crippen LogP contribution in [-0.4, -0.2) is 49.1 Å². The second-order valence-corrected chi connectivity index (χ2v) is 10.3. The molecule has 0 aliphatic carbocycles. The third-order valence-corrected chi connectivity index (χ3v) is 6.48. The maximum atomic E-state index is 12.8. The zero-order valence-corrected chi connectivity index (χ0v) is 20.9. The summed E-state index contributed by atoms with van der Waals surface area (Å²) in [4.78, 5) is 53.6. The molecule has 9 nitrogen and oxygen atoms in total. The van der Waals surface area contributed by atoms with Crippen LogP contribution in [0.2, 0.25) is 0 Å². The number of carbonyl (C=O) groups excluding carboxylic acids is 2. The van der Waals surface area contributed by atoms with Gasteiger partial charge in [-0.05, 0) is 44.0 Å². The van der Waals surface area contributed by atoms with E-state index in [4.69, 9.17) is 10.3 Å². The molecule has 4 N–H and O–H groups in total. The summed E-state index contributed by atoms with van der Waals surface area (Å²) in [6.07, 6.45) is 5.48.